The minimum absolute atomic E-state index is 0.322. The molecule has 0 aliphatic carbocycles. The topological polar surface area (TPSA) is 37.3 Å². The number of aromatic hydroxyl groups is 1. The monoisotopic (exact) mass is 228 g/mol. The number of aryl methyl sites for hydroxylation is 2. The van der Waals surface area contributed by atoms with E-state index in [0.717, 1.165) is 23.0 Å². The summed E-state index contributed by atoms with van der Waals surface area (Å²) in [6, 6.07) is 14.6. The van der Waals surface area contributed by atoms with E-state index in [1.165, 1.54) is 0 Å². The molecule has 2 heteroatoms. The summed E-state index contributed by atoms with van der Waals surface area (Å²) in [6.07, 6.45) is 0.891. The van der Waals surface area contributed by atoms with Crippen molar-refractivity contribution in [2.45, 2.75) is 13.8 Å². The molecule has 0 bridgehead atoms. The second-order valence-corrected chi connectivity index (χ2v) is 3.81. The zero-order chi connectivity index (χ0) is 12.7. The van der Waals surface area contributed by atoms with Crippen LogP contribution in [-0.4, -0.2) is 11.4 Å². The van der Waals surface area contributed by atoms with E-state index in [0.29, 0.717) is 5.75 Å². The third-order valence-electron chi connectivity index (χ3n) is 2.32. The minimum Gasteiger partial charge on any atom is -0.508 e. The number of aldehydes is 1. The Morgan fingerprint density at radius 2 is 1.65 bits per heavy atom. The number of phenols is 1. The smallest absolute Gasteiger partial charge is 0.150 e. The molecule has 0 radical (unpaired) electrons. The highest BCUT2D eigenvalue weighted by atomic mass is 16.3. The largest absolute Gasteiger partial charge is 0.508 e. The van der Waals surface area contributed by atoms with Gasteiger partial charge in [-0.3, -0.25) is 4.79 Å². The van der Waals surface area contributed by atoms with Crippen molar-refractivity contribution in [3.05, 3.63) is 65.2 Å². The van der Waals surface area contributed by atoms with Crippen LogP contribution in [0.4, 0.5) is 0 Å². The van der Waals surface area contributed by atoms with Gasteiger partial charge in [0.25, 0.3) is 0 Å². The van der Waals surface area contributed by atoms with Crippen molar-refractivity contribution in [2.75, 3.05) is 0 Å². The molecule has 0 aliphatic heterocycles. The predicted octanol–water partition coefficient (Wildman–Crippen LogP) is 3.51. The molecule has 0 aliphatic rings. The second-order valence-electron chi connectivity index (χ2n) is 3.81. The van der Waals surface area contributed by atoms with Crippen LogP contribution in [-0.2, 0) is 0 Å². The molecule has 0 spiro atoms. The number of phenolic OH excluding ortho intramolecular Hbond substituents is 1. The fourth-order valence-electron chi connectivity index (χ4n) is 1.31. The van der Waals surface area contributed by atoms with E-state index in [1.54, 1.807) is 24.3 Å². The Morgan fingerprint density at radius 3 is 2.06 bits per heavy atom. The number of benzene rings is 2. The van der Waals surface area contributed by atoms with Gasteiger partial charge in [-0.1, -0.05) is 35.9 Å². The average molecular weight is 228 g/mol. The first-order chi connectivity index (χ1) is 8.13. The molecule has 0 aromatic heterocycles. The first kappa shape index (κ1) is 13.0. The van der Waals surface area contributed by atoms with E-state index < -0.39 is 0 Å². The quantitative estimate of drug-likeness (QED) is 0.758. The van der Waals surface area contributed by atoms with Crippen molar-refractivity contribution in [3.8, 4) is 5.75 Å². The number of hydrogen-bond acceptors (Lipinski definition) is 2. The molecule has 1 N–H and O–H groups in total. The van der Waals surface area contributed by atoms with Gasteiger partial charge in [0.2, 0.25) is 0 Å². The van der Waals surface area contributed by atoms with Gasteiger partial charge in [0.1, 0.15) is 12.0 Å². The lowest BCUT2D eigenvalue weighted by Gasteiger charge is -1.97. The van der Waals surface area contributed by atoms with Gasteiger partial charge in [0.05, 0.1) is 0 Å². The van der Waals surface area contributed by atoms with Gasteiger partial charge in [-0.15, -0.1) is 0 Å². The van der Waals surface area contributed by atoms with Crippen molar-refractivity contribution in [2.24, 2.45) is 0 Å². The Hall–Kier alpha value is -2.09. The molecule has 0 unspecified atom stereocenters. The zero-order valence-electron chi connectivity index (χ0n) is 10.1. The lowest BCUT2D eigenvalue weighted by atomic mass is 10.1. The number of para-hydroxylation sites is 1. The molecule has 0 fully saturated rings. The molecule has 0 atom stereocenters. The summed E-state index contributed by atoms with van der Waals surface area (Å²) in [7, 11) is 0. The van der Waals surface area contributed by atoms with Gasteiger partial charge < -0.3 is 5.11 Å². The number of hydrogen-bond donors (Lipinski definition) is 1. The van der Waals surface area contributed by atoms with E-state index in [-0.39, 0.29) is 0 Å². The number of rotatable bonds is 1. The number of carbonyl (C=O) groups excluding carboxylic acids is 1. The molecule has 0 amide bonds. The van der Waals surface area contributed by atoms with Gasteiger partial charge in [-0.05, 0) is 37.6 Å². The van der Waals surface area contributed by atoms with E-state index in [2.05, 4.69) is 0 Å². The third-order valence-corrected chi connectivity index (χ3v) is 2.32. The van der Waals surface area contributed by atoms with Crippen LogP contribution in [0.15, 0.2) is 48.5 Å². The van der Waals surface area contributed by atoms with Crippen LogP contribution in [0.25, 0.3) is 0 Å². The van der Waals surface area contributed by atoms with Crippen molar-refractivity contribution in [3.63, 3.8) is 0 Å². The SMILES string of the molecule is Cc1ccc(C)c(C=O)c1.Oc1ccccc1. The highest BCUT2D eigenvalue weighted by Crippen LogP contribution is 2.07. The lowest BCUT2D eigenvalue weighted by Crippen LogP contribution is -1.85. The maximum Gasteiger partial charge on any atom is 0.150 e. The molecule has 88 valence electrons. The lowest BCUT2D eigenvalue weighted by molar-refractivity contribution is 0.112. The molecular weight excluding hydrogens is 212 g/mol. The van der Waals surface area contributed by atoms with E-state index >= 15 is 0 Å². The maximum atomic E-state index is 10.4. The summed E-state index contributed by atoms with van der Waals surface area (Å²) < 4.78 is 0. The molecule has 17 heavy (non-hydrogen) atoms. The van der Waals surface area contributed by atoms with Gasteiger partial charge in [0, 0.05) is 5.56 Å². The van der Waals surface area contributed by atoms with Crippen LogP contribution < -0.4 is 0 Å². The average Bonchev–Trinajstić information content (AvgIpc) is 2.34. The zero-order valence-corrected chi connectivity index (χ0v) is 10.1. The predicted molar refractivity (Wildman–Crippen MR) is 69.4 cm³/mol. The first-order valence-electron chi connectivity index (χ1n) is 5.40. The van der Waals surface area contributed by atoms with Crippen LogP contribution >= 0.6 is 0 Å². The van der Waals surface area contributed by atoms with Crippen molar-refractivity contribution >= 4 is 6.29 Å². The van der Waals surface area contributed by atoms with Crippen LogP contribution in [0.3, 0.4) is 0 Å². The van der Waals surface area contributed by atoms with Gasteiger partial charge in [-0.2, -0.15) is 0 Å². The third kappa shape index (κ3) is 4.51. The van der Waals surface area contributed by atoms with Gasteiger partial charge in [0.15, 0.2) is 0 Å². The summed E-state index contributed by atoms with van der Waals surface area (Å²) in [5, 5.41) is 8.63. The van der Waals surface area contributed by atoms with E-state index in [1.807, 2.05) is 38.1 Å². The Kier molecular flexibility index (Phi) is 4.95. The fourth-order valence-corrected chi connectivity index (χ4v) is 1.31. The summed E-state index contributed by atoms with van der Waals surface area (Å²) in [5.74, 6) is 0.322. The van der Waals surface area contributed by atoms with E-state index in [4.69, 9.17) is 5.11 Å². The fraction of sp³-hybridized carbons (Fsp3) is 0.133. The molecule has 0 saturated heterocycles. The first-order valence-corrected chi connectivity index (χ1v) is 5.40. The molecule has 2 rings (SSSR count). The second kappa shape index (κ2) is 6.48. The molecule has 2 nitrogen and oxygen atoms in total. The van der Waals surface area contributed by atoms with Crippen molar-refractivity contribution in [1.82, 2.24) is 0 Å². The minimum atomic E-state index is 0.322. The highest BCUT2D eigenvalue weighted by molar-refractivity contribution is 5.77. The summed E-state index contributed by atoms with van der Waals surface area (Å²) in [5.41, 5.74) is 2.97. The maximum absolute atomic E-state index is 10.4. The molecule has 2 aromatic carbocycles. The molecule has 2 aromatic rings. The standard InChI is InChI=1S/C9H10O.C6H6O/c1-7-3-4-8(2)9(5-7)6-10;7-6-4-2-1-3-5-6/h3-6H,1-2H3;1-5,7H. The normalized spacial score (nSPS) is 9.06. The number of carbonyl (C=O) groups is 1. The summed E-state index contributed by atoms with van der Waals surface area (Å²) in [6.45, 7) is 3.91. The van der Waals surface area contributed by atoms with Crippen LogP contribution in [0.5, 0.6) is 5.75 Å². The Bertz CT molecular complexity index is 476. The summed E-state index contributed by atoms with van der Waals surface area (Å²) >= 11 is 0. The molecule has 0 heterocycles. The van der Waals surface area contributed by atoms with Crippen molar-refractivity contribution < 1.29 is 9.90 Å². The highest BCUT2D eigenvalue weighted by Gasteiger charge is 1.94. The van der Waals surface area contributed by atoms with Crippen LogP contribution in [0, 0.1) is 13.8 Å². The van der Waals surface area contributed by atoms with Gasteiger partial charge in [-0.25, -0.2) is 0 Å². The van der Waals surface area contributed by atoms with Gasteiger partial charge >= 0.3 is 0 Å². The summed E-state index contributed by atoms with van der Waals surface area (Å²) in [4.78, 5) is 10.4. The Morgan fingerprint density at radius 1 is 1.00 bits per heavy atom. The van der Waals surface area contributed by atoms with E-state index in [9.17, 15) is 4.79 Å². The van der Waals surface area contributed by atoms with Crippen LogP contribution in [0.1, 0.15) is 21.5 Å². The molecular formula is C15H16O2. The van der Waals surface area contributed by atoms with Crippen molar-refractivity contribution in [1.29, 1.82) is 0 Å². The van der Waals surface area contributed by atoms with Crippen LogP contribution in [0.2, 0.25) is 0 Å². The Balaban J connectivity index is 0.000000181. The molecule has 0 saturated carbocycles. The Labute approximate surface area is 102 Å².